The van der Waals surface area contributed by atoms with E-state index in [9.17, 15) is 4.79 Å². The number of rotatable bonds is 6. The molecule has 0 fully saturated rings. The Balaban J connectivity index is 1.73. The molecule has 0 saturated carbocycles. The van der Waals surface area contributed by atoms with Crippen LogP contribution in [0.15, 0.2) is 42.6 Å². The van der Waals surface area contributed by atoms with Crippen LogP contribution in [0, 0.1) is 6.92 Å². The Bertz CT molecular complexity index is 933. The predicted octanol–water partition coefficient (Wildman–Crippen LogP) is 3.84. The van der Waals surface area contributed by atoms with Crippen molar-refractivity contribution >= 4 is 5.91 Å². The van der Waals surface area contributed by atoms with E-state index in [1.165, 1.54) is 0 Å². The minimum absolute atomic E-state index is 0.203. The predicted molar refractivity (Wildman–Crippen MR) is 105 cm³/mol. The van der Waals surface area contributed by atoms with E-state index in [1.54, 1.807) is 19.4 Å². The quantitative estimate of drug-likeness (QED) is 0.696. The Kier molecular flexibility index (Phi) is 5.54. The highest BCUT2D eigenvalue weighted by molar-refractivity contribution is 5.93. The number of benzene rings is 1. The van der Waals surface area contributed by atoms with Crippen LogP contribution in [0.4, 0.5) is 0 Å². The van der Waals surface area contributed by atoms with Gasteiger partial charge in [-0.3, -0.25) is 14.9 Å². The SMILES string of the molecule is COc1cc(C)c(CNC(=O)c2cc(-c3ccccn3)n[nH]2)cc1C(C)C. The number of aryl methyl sites for hydroxylation is 1. The lowest BCUT2D eigenvalue weighted by molar-refractivity contribution is 0.0946. The molecular weight excluding hydrogens is 340 g/mol. The Morgan fingerprint density at radius 1 is 1.22 bits per heavy atom. The van der Waals surface area contributed by atoms with Gasteiger partial charge < -0.3 is 10.1 Å². The number of carbonyl (C=O) groups excluding carboxylic acids is 1. The van der Waals surface area contributed by atoms with E-state index in [0.717, 1.165) is 28.1 Å². The molecule has 0 aliphatic rings. The summed E-state index contributed by atoms with van der Waals surface area (Å²) in [6.45, 7) is 6.70. The second-order valence-corrected chi connectivity index (χ2v) is 6.74. The van der Waals surface area contributed by atoms with Crippen LogP contribution in [0.5, 0.6) is 5.75 Å². The average molecular weight is 364 g/mol. The van der Waals surface area contributed by atoms with Crippen LogP contribution in [0.1, 0.15) is 46.9 Å². The lowest BCUT2D eigenvalue weighted by Gasteiger charge is -2.16. The van der Waals surface area contributed by atoms with Crippen LogP contribution in [-0.4, -0.2) is 28.2 Å². The molecule has 2 heterocycles. The summed E-state index contributed by atoms with van der Waals surface area (Å²) in [5, 5.41) is 9.91. The van der Waals surface area contributed by atoms with Crippen LogP contribution in [-0.2, 0) is 6.54 Å². The first-order valence-corrected chi connectivity index (χ1v) is 8.92. The third-order valence-corrected chi connectivity index (χ3v) is 4.50. The number of hydrogen-bond acceptors (Lipinski definition) is 4. The van der Waals surface area contributed by atoms with E-state index < -0.39 is 0 Å². The van der Waals surface area contributed by atoms with Crippen molar-refractivity contribution in [3.8, 4) is 17.1 Å². The molecule has 0 saturated heterocycles. The van der Waals surface area contributed by atoms with Gasteiger partial charge in [-0.25, -0.2) is 0 Å². The third kappa shape index (κ3) is 4.16. The van der Waals surface area contributed by atoms with Gasteiger partial charge in [-0.1, -0.05) is 19.9 Å². The van der Waals surface area contributed by atoms with Gasteiger partial charge >= 0.3 is 0 Å². The van der Waals surface area contributed by atoms with Gasteiger partial charge in [0.15, 0.2) is 0 Å². The maximum atomic E-state index is 12.5. The normalized spacial score (nSPS) is 10.9. The molecule has 2 aromatic heterocycles. The number of H-pyrrole nitrogens is 1. The van der Waals surface area contributed by atoms with Gasteiger partial charge in [0.2, 0.25) is 0 Å². The van der Waals surface area contributed by atoms with Gasteiger partial charge in [0, 0.05) is 12.7 Å². The summed E-state index contributed by atoms with van der Waals surface area (Å²) in [6, 6.07) is 11.4. The highest BCUT2D eigenvalue weighted by atomic mass is 16.5. The maximum Gasteiger partial charge on any atom is 0.269 e. The molecule has 6 heteroatoms. The number of nitrogens with zero attached hydrogens (tertiary/aromatic N) is 2. The summed E-state index contributed by atoms with van der Waals surface area (Å²) in [7, 11) is 1.68. The largest absolute Gasteiger partial charge is 0.496 e. The van der Waals surface area contributed by atoms with Gasteiger partial charge in [-0.15, -0.1) is 0 Å². The molecular formula is C21H24N4O2. The molecule has 1 aromatic carbocycles. The molecule has 0 aliphatic carbocycles. The minimum atomic E-state index is -0.203. The zero-order valence-electron chi connectivity index (χ0n) is 16.0. The van der Waals surface area contributed by atoms with Crippen molar-refractivity contribution in [3.63, 3.8) is 0 Å². The molecule has 0 spiro atoms. The third-order valence-electron chi connectivity index (χ3n) is 4.50. The van der Waals surface area contributed by atoms with E-state index in [0.29, 0.717) is 23.9 Å². The molecule has 1 amide bonds. The Morgan fingerprint density at radius 3 is 2.70 bits per heavy atom. The van der Waals surface area contributed by atoms with Crippen molar-refractivity contribution in [2.24, 2.45) is 0 Å². The monoisotopic (exact) mass is 364 g/mol. The summed E-state index contributed by atoms with van der Waals surface area (Å²) in [4.78, 5) is 16.7. The zero-order chi connectivity index (χ0) is 19.4. The van der Waals surface area contributed by atoms with Crippen molar-refractivity contribution in [1.29, 1.82) is 0 Å². The molecule has 0 bridgehead atoms. The van der Waals surface area contributed by atoms with E-state index in [4.69, 9.17) is 4.74 Å². The fourth-order valence-corrected chi connectivity index (χ4v) is 2.92. The van der Waals surface area contributed by atoms with E-state index >= 15 is 0 Å². The van der Waals surface area contributed by atoms with Crippen molar-refractivity contribution in [1.82, 2.24) is 20.5 Å². The second-order valence-electron chi connectivity index (χ2n) is 6.74. The van der Waals surface area contributed by atoms with Crippen molar-refractivity contribution in [2.75, 3.05) is 7.11 Å². The lowest BCUT2D eigenvalue weighted by Crippen LogP contribution is -2.23. The van der Waals surface area contributed by atoms with E-state index in [-0.39, 0.29) is 5.91 Å². The summed E-state index contributed by atoms with van der Waals surface area (Å²) in [5.41, 5.74) is 5.05. The molecule has 0 atom stereocenters. The summed E-state index contributed by atoms with van der Waals surface area (Å²) in [5.74, 6) is 1.01. The van der Waals surface area contributed by atoms with Gasteiger partial charge in [0.1, 0.15) is 17.1 Å². The lowest BCUT2D eigenvalue weighted by atomic mass is 9.96. The van der Waals surface area contributed by atoms with Crippen molar-refractivity contribution in [2.45, 2.75) is 33.2 Å². The molecule has 6 nitrogen and oxygen atoms in total. The maximum absolute atomic E-state index is 12.5. The van der Waals surface area contributed by atoms with Crippen LogP contribution < -0.4 is 10.1 Å². The highest BCUT2D eigenvalue weighted by Crippen LogP contribution is 2.29. The fourth-order valence-electron chi connectivity index (χ4n) is 2.92. The van der Waals surface area contributed by atoms with Crippen LogP contribution in [0.3, 0.4) is 0 Å². The first kappa shape index (κ1) is 18.6. The number of aromatic nitrogens is 3. The first-order chi connectivity index (χ1) is 13.0. The van der Waals surface area contributed by atoms with Crippen LogP contribution >= 0.6 is 0 Å². The van der Waals surface area contributed by atoms with Crippen molar-refractivity contribution in [3.05, 3.63) is 65.0 Å². The molecule has 140 valence electrons. The molecule has 0 aliphatic heterocycles. The van der Waals surface area contributed by atoms with Crippen LogP contribution in [0.2, 0.25) is 0 Å². The second kappa shape index (κ2) is 8.03. The molecule has 3 rings (SSSR count). The van der Waals surface area contributed by atoms with E-state index in [2.05, 4.69) is 40.4 Å². The number of ether oxygens (including phenoxy) is 1. The first-order valence-electron chi connectivity index (χ1n) is 8.92. The number of methoxy groups -OCH3 is 1. The van der Waals surface area contributed by atoms with Crippen LogP contribution in [0.25, 0.3) is 11.4 Å². The Labute approximate surface area is 159 Å². The minimum Gasteiger partial charge on any atom is -0.496 e. The van der Waals surface area contributed by atoms with E-state index in [1.807, 2.05) is 31.2 Å². The summed E-state index contributed by atoms with van der Waals surface area (Å²) in [6.07, 6.45) is 1.70. The average Bonchev–Trinajstić information content (AvgIpc) is 3.17. The number of pyridine rings is 1. The summed E-state index contributed by atoms with van der Waals surface area (Å²) >= 11 is 0. The molecule has 0 unspecified atom stereocenters. The number of hydrogen-bond donors (Lipinski definition) is 2. The number of aromatic amines is 1. The Morgan fingerprint density at radius 2 is 2.04 bits per heavy atom. The van der Waals surface area contributed by atoms with Gasteiger partial charge in [-0.05, 0) is 59.9 Å². The van der Waals surface area contributed by atoms with Gasteiger partial charge in [0.25, 0.3) is 5.91 Å². The number of amides is 1. The standard InChI is InChI=1S/C21H24N4O2/c1-13(2)16-10-15(14(3)9-20(16)27-4)12-23-21(26)19-11-18(24-25-19)17-7-5-6-8-22-17/h5-11,13H,12H2,1-4H3,(H,23,26)(H,24,25). The van der Waals surface area contributed by atoms with Gasteiger partial charge in [-0.2, -0.15) is 5.10 Å². The number of carbonyl (C=O) groups is 1. The molecule has 0 radical (unpaired) electrons. The van der Waals surface area contributed by atoms with Crippen molar-refractivity contribution < 1.29 is 9.53 Å². The Hall–Kier alpha value is -3.15. The molecule has 2 N–H and O–H groups in total. The van der Waals surface area contributed by atoms with Gasteiger partial charge in [0.05, 0.1) is 12.8 Å². The zero-order valence-corrected chi connectivity index (χ0v) is 16.0. The smallest absolute Gasteiger partial charge is 0.269 e. The molecule has 3 aromatic rings. The number of nitrogens with one attached hydrogen (secondary N) is 2. The topological polar surface area (TPSA) is 79.9 Å². The molecule has 27 heavy (non-hydrogen) atoms. The highest BCUT2D eigenvalue weighted by Gasteiger charge is 2.14. The fraction of sp³-hybridized carbons (Fsp3) is 0.286. The summed E-state index contributed by atoms with van der Waals surface area (Å²) < 4.78 is 5.48.